The van der Waals surface area contributed by atoms with Crippen LogP contribution in [0, 0.1) is 26.6 Å². The van der Waals surface area contributed by atoms with E-state index in [0.717, 1.165) is 28.3 Å². The molecule has 0 amide bonds. The van der Waals surface area contributed by atoms with Gasteiger partial charge in [-0.15, -0.1) is 0 Å². The van der Waals surface area contributed by atoms with Crippen molar-refractivity contribution in [2.75, 3.05) is 0 Å². The van der Waals surface area contributed by atoms with Gasteiger partial charge in [0.05, 0.1) is 5.56 Å². The van der Waals surface area contributed by atoms with E-state index in [4.69, 9.17) is 5.11 Å². The summed E-state index contributed by atoms with van der Waals surface area (Å²) in [5.41, 5.74) is 4.63. The Kier molecular flexibility index (Phi) is 3.38. The summed E-state index contributed by atoms with van der Waals surface area (Å²) in [6.45, 7) is 5.89. The van der Waals surface area contributed by atoms with Crippen molar-refractivity contribution < 1.29 is 14.3 Å². The van der Waals surface area contributed by atoms with Gasteiger partial charge in [0.15, 0.2) is 0 Å². The molecule has 0 bridgehead atoms. The summed E-state index contributed by atoms with van der Waals surface area (Å²) in [6.07, 6.45) is 0. The second-order valence-corrected chi connectivity index (χ2v) is 4.81. The molecule has 2 nitrogen and oxygen atoms in total. The number of carboxylic acid groups (broad SMARTS) is 1. The summed E-state index contributed by atoms with van der Waals surface area (Å²) < 4.78 is 13.6. The Morgan fingerprint density at radius 2 is 1.58 bits per heavy atom. The fraction of sp³-hybridized carbons (Fsp3) is 0.188. The molecule has 2 aromatic carbocycles. The van der Waals surface area contributed by atoms with E-state index in [1.165, 1.54) is 12.1 Å². The second-order valence-electron chi connectivity index (χ2n) is 4.81. The molecule has 0 aliphatic rings. The third kappa shape index (κ3) is 2.65. The first-order chi connectivity index (χ1) is 8.88. The predicted molar refractivity (Wildman–Crippen MR) is 73.0 cm³/mol. The molecule has 0 heterocycles. The molecule has 0 unspecified atom stereocenters. The highest BCUT2D eigenvalue weighted by Gasteiger charge is 2.12. The highest BCUT2D eigenvalue weighted by atomic mass is 19.1. The third-order valence-corrected chi connectivity index (χ3v) is 3.11. The number of aryl methyl sites for hydroxylation is 3. The van der Waals surface area contributed by atoms with Crippen molar-refractivity contribution in [3.05, 3.63) is 58.4 Å². The molecule has 0 atom stereocenters. The van der Waals surface area contributed by atoms with Crippen molar-refractivity contribution in [3.8, 4) is 11.1 Å². The average Bonchev–Trinajstić information content (AvgIpc) is 2.26. The van der Waals surface area contributed by atoms with Crippen LogP contribution in [-0.4, -0.2) is 11.1 Å². The Labute approximate surface area is 111 Å². The van der Waals surface area contributed by atoms with Gasteiger partial charge in [-0.1, -0.05) is 17.7 Å². The van der Waals surface area contributed by atoms with E-state index in [9.17, 15) is 9.18 Å². The summed E-state index contributed by atoms with van der Waals surface area (Å²) in [6, 6.07) is 7.93. The lowest BCUT2D eigenvalue weighted by Gasteiger charge is -2.12. The van der Waals surface area contributed by atoms with E-state index in [1.54, 1.807) is 0 Å². The number of carboxylic acids is 1. The highest BCUT2D eigenvalue weighted by Crippen LogP contribution is 2.29. The number of hydrogen-bond acceptors (Lipinski definition) is 1. The molecule has 0 aliphatic carbocycles. The zero-order chi connectivity index (χ0) is 14.2. The molecule has 2 aromatic rings. The van der Waals surface area contributed by atoms with E-state index in [1.807, 2.05) is 32.9 Å². The quantitative estimate of drug-likeness (QED) is 0.879. The third-order valence-electron chi connectivity index (χ3n) is 3.11. The number of halogens is 1. The maximum atomic E-state index is 13.6. The van der Waals surface area contributed by atoms with Gasteiger partial charge in [0.25, 0.3) is 0 Å². The topological polar surface area (TPSA) is 37.3 Å². The van der Waals surface area contributed by atoms with Gasteiger partial charge in [-0.2, -0.15) is 0 Å². The summed E-state index contributed by atoms with van der Waals surface area (Å²) in [5, 5.41) is 9.00. The molecule has 3 heteroatoms. The molecule has 19 heavy (non-hydrogen) atoms. The van der Waals surface area contributed by atoms with Gasteiger partial charge in [0.2, 0.25) is 0 Å². The van der Waals surface area contributed by atoms with Crippen LogP contribution in [0.4, 0.5) is 4.39 Å². The smallest absolute Gasteiger partial charge is 0.335 e. The average molecular weight is 258 g/mol. The monoisotopic (exact) mass is 258 g/mol. The van der Waals surface area contributed by atoms with Crippen LogP contribution in [0.5, 0.6) is 0 Å². The van der Waals surface area contributed by atoms with E-state index in [-0.39, 0.29) is 5.56 Å². The fourth-order valence-electron chi connectivity index (χ4n) is 2.49. The maximum absolute atomic E-state index is 13.6. The van der Waals surface area contributed by atoms with Crippen LogP contribution < -0.4 is 0 Å². The number of aromatic carboxylic acids is 1. The van der Waals surface area contributed by atoms with Crippen molar-refractivity contribution in [1.82, 2.24) is 0 Å². The number of carbonyl (C=O) groups is 1. The second kappa shape index (κ2) is 4.84. The van der Waals surface area contributed by atoms with Crippen LogP contribution in [0.15, 0.2) is 30.3 Å². The Morgan fingerprint density at radius 1 is 1.00 bits per heavy atom. The summed E-state index contributed by atoms with van der Waals surface area (Å²) in [4.78, 5) is 11.0. The van der Waals surface area contributed by atoms with Gasteiger partial charge >= 0.3 is 5.97 Å². The highest BCUT2D eigenvalue weighted by molar-refractivity contribution is 5.90. The molecule has 0 saturated carbocycles. The normalized spacial score (nSPS) is 10.5. The zero-order valence-corrected chi connectivity index (χ0v) is 11.1. The minimum Gasteiger partial charge on any atom is -0.478 e. The molecule has 0 aromatic heterocycles. The Hall–Kier alpha value is -2.16. The van der Waals surface area contributed by atoms with Crippen LogP contribution in [0.2, 0.25) is 0 Å². The van der Waals surface area contributed by atoms with Crippen molar-refractivity contribution in [3.63, 3.8) is 0 Å². The van der Waals surface area contributed by atoms with E-state index < -0.39 is 11.8 Å². The van der Waals surface area contributed by atoms with Crippen LogP contribution in [0.1, 0.15) is 27.0 Å². The molecule has 0 fully saturated rings. The molecule has 0 radical (unpaired) electrons. The van der Waals surface area contributed by atoms with Crippen molar-refractivity contribution in [2.24, 2.45) is 0 Å². The lowest BCUT2D eigenvalue weighted by atomic mass is 9.93. The summed E-state index contributed by atoms with van der Waals surface area (Å²) in [7, 11) is 0. The Bertz CT molecular complexity index is 637. The first-order valence-electron chi connectivity index (χ1n) is 6.00. The first kappa shape index (κ1) is 13.3. The lowest BCUT2D eigenvalue weighted by Crippen LogP contribution is -1.99. The Balaban J connectivity index is 2.69. The van der Waals surface area contributed by atoms with E-state index in [0.29, 0.717) is 5.56 Å². The molecule has 0 aliphatic heterocycles. The number of hydrogen-bond donors (Lipinski definition) is 1. The van der Waals surface area contributed by atoms with Gasteiger partial charge in [0.1, 0.15) is 5.82 Å². The van der Waals surface area contributed by atoms with Gasteiger partial charge in [0, 0.05) is 0 Å². The number of rotatable bonds is 2. The SMILES string of the molecule is Cc1cc(C)c(-c2cc(F)cc(C(=O)O)c2)c(C)c1. The predicted octanol–water partition coefficient (Wildman–Crippen LogP) is 4.12. The van der Waals surface area contributed by atoms with Gasteiger partial charge in [-0.25, -0.2) is 9.18 Å². The van der Waals surface area contributed by atoms with Crippen LogP contribution in [0.3, 0.4) is 0 Å². The molecule has 0 saturated heterocycles. The van der Waals surface area contributed by atoms with Crippen molar-refractivity contribution in [1.29, 1.82) is 0 Å². The van der Waals surface area contributed by atoms with Crippen molar-refractivity contribution >= 4 is 5.97 Å². The van der Waals surface area contributed by atoms with Crippen molar-refractivity contribution in [2.45, 2.75) is 20.8 Å². The van der Waals surface area contributed by atoms with E-state index in [2.05, 4.69) is 0 Å². The maximum Gasteiger partial charge on any atom is 0.335 e. The fourth-order valence-corrected chi connectivity index (χ4v) is 2.49. The number of benzene rings is 2. The van der Waals surface area contributed by atoms with Crippen LogP contribution in [-0.2, 0) is 0 Å². The molecular weight excluding hydrogens is 243 g/mol. The molecular formula is C16H15FO2. The van der Waals surface area contributed by atoms with Crippen LogP contribution >= 0.6 is 0 Å². The van der Waals surface area contributed by atoms with Gasteiger partial charge < -0.3 is 5.11 Å². The Morgan fingerprint density at radius 3 is 2.11 bits per heavy atom. The van der Waals surface area contributed by atoms with E-state index >= 15 is 0 Å². The van der Waals surface area contributed by atoms with Crippen LogP contribution in [0.25, 0.3) is 11.1 Å². The van der Waals surface area contributed by atoms with Gasteiger partial charge in [-0.3, -0.25) is 0 Å². The summed E-state index contributed by atoms with van der Waals surface area (Å²) >= 11 is 0. The standard InChI is InChI=1S/C16H15FO2/c1-9-4-10(2)15(11(3)5-9)12-6-13(16(18)19)8-14(17)7-12/h4-8H,1-3H3,(H,18,19). The zero-order valence-electron chi connectivity index (χ0n) is 11.1. The lowest BCUT2D eigenvalue weighted by molar-refractivity contribution is 0.0696. The molecule has 2 rings (SSSR count). The first-order valence-corrected chi connectivity index (χ1v) is 6.00. The molecule has 0 spiro atoms. The minimum atomic E-state index is -1.12. The largest absolute Gasteiger partial charge is 0.478 e. The summed E-state index contributed by atoms with van der Waals surface area (Å²) in [5.74, 6) is -1.66. The van der Waals surface area contributed by atoms with Gasteiger partial charge in [-0.05, 0) is 61.2 Å². The minimum absolute atomic E-state index is 0.0330. The molecule has 98 valence electrons. The molecule has 1 N–H and O–H groups in total.